The van der Waals surface area contributed by atoms with Crippen LogP contribution in [-0.2, 0) is 0 Å². The van der Waals surface area contributed by atoms with E-state index in [0.717, 1.165) is 19.5 Å². The molecular weight excluding hydrogens is 314 g/mol. The molecule has 23 heavy (non-hydrogen) atoms. The van der Waals surface area contributed by atoms with Gasteiger partial charge in [0.15, 0.2) is 0 Å². The Kier molecular flexibility index (Phi) is 4.68. The van der Waals surface area contributed by atoms with Crippen LogP contribution < -0.4 is 10.6 Å². The zero-order chi connectivity index (χ0) is 16.4. The molecule has 0 bridgehead atoms. The van der Waals surface area contributed by atoms with E-state index in [4.69, 9.17) is 16.1 Å². The Labute approximate surface area is 140 Å². The molecule has 2 N–H and O–H groups in total. The molecule has 5 nitrogen and oxygen atoms in total. The van der Waals surface area contributed by atoms with Crippen LogP contribution in [0.25, 0.3) is 11.3 Å². The Morgan fingerprint density at radius 3 is 2.96 bits per heavy atom. The maximum absolute atomic E-state index is 12.8. The highest BCUT2D eigenvalue weighted by Crippen LogP contribution is 2.31. The standard InChI is InChI=1S/C17H20ClN3O2/c1-10-9-19-8-7-14(10)20-17(22)15-11(2)23-21-16(15)12-5-3-4-6-13(12)18/h3-6,10,14,19H,7-9H2,1-2H3,(H,20,22). The summed E-state index contributed by atoms with van der Waals surface area (Å²) in [5.74, 6) is 0.730. The molecule has 0 radical (unpaired) electrons. The zero-order valence-electron chi connectivity index (χ0n) is 13.2. The summed E-state index contributed by atoms with van der Waals surface area (Å²) in [6.07, 6.45) is 0.915. The van der Waals surface area contributed by atoms with E-state index in [1.54, 1.807) is 13.0 Å². The van der Waals surface area contributed by atoms with Crippen molar-refractivity contribution in [1.29, 1.82) is 0 Å². The molecule has 1 saturated heterocycles. The lowest BCUT2D eigenvalue weighted by Gasteiger charge is -2.30. The molecule has 122 valence electrons. The van der Waals surface area contributed by atoms with Gasteiger partial charge in [-0.1, -0.05) is 41.9 Å². The van der Waals surface area contributed by atoms with Crippen LogP contribution in [0.2, 0.25) is 5.02 Å². The summed E-state index contributed by atoms with van der Waals surface area (Å²) in [4.78, 5) is 12.8. The van der Waals surface area contributed by atoms with E-state index in [-0.39, 0.29) is 11.9 Å². The Morgan fingerprint density at radius 2 is 2.22 bits per heavy atom. The highest BCUT2D eigenvalue weighted by Gasteiger charge is 2.27. The van der Waals surface area contributed by atoms with Gasteiger partial charge in [-0.3, -0.25) is 4.79 Å². The second-order valence-corrected chi connectivity index (χ2v) is 6.40. The lowest BCUT2D eigenvalue weighted by molar-refractivity contribution is 0.0913. The van der Waals surface area contributed by atoms with Crippen LogP contribution >= 0.6 is 11.6 Å². The highest BCUT2D eigenvalue weighted by atomic mass is 35.5. The van der Waals surface area contributed by atoms with E-state index in [1.165, 1.54) is 0 Å². The molecule has 1 amide bonds. The number of halogens is 1. The minimum Gasteiger partial charge on any atom is -0.360 e. The average molecular weight is 334 g/mol. The van der Waals surface area contributed by atoms with Crippen molar-refractivity contribution in [3.8, 4) is 11.3 Å². The smallest absolute Gasteiger partial charge is 0.257 e. The third-order valence-corrected chi connectivity index (χ3v) is 4.65. The lowest BCUT2D eigenvalue weighted by atomic mass is 9.94. The Hall–Kier alpha value is -1.85. The number of carbonyl (C=O) groups excluding carboxylic acids is 1. The van der Waals surface area contributed by atoms with Crippen molar-refractivity contribution in [2.45, 2.75) is 26.3 Å². The second-order valence-electron chi connectivity index (χ2n) is 5.99. The minimum absolute atomic E-state index is 0.150. The molecule has 3 rings (SSSR count). The van der Waals surface area contributed by atoms with Gasteiger partial charge >= 0.3 is 0 Å². The fourth-order valence-electron chi connectivity index (χ4n) is 2.95. The largest absolute Gasteiger partial charge is 0.360 e. The van der Waals surface area contributed by atoms with E-state index >= 15 is 0 Å². The second kappa shape index (κ2) is 6.72. The molecule has 1 aromatic carbocycles. The molecule has 2 aromatic rings. The van der Waals surface area contributed by atoms with Crippen LogP contribution in [0.1, 0.15) is 29.5 Å². The fraction of sp³-hybridized carbons (Fsp3) is 0.412. The first-order valence-electron chi connectivity index (χ1n) is 7.80. The number of amides is 1. The van der Waals surface area contributed by atoms with Gasteiger partial charge in [-0.2, -0.15) is 0 Å². The SMILES string of the molecule is Cc1onc(-c2ccccc2Cl)c1C(=O)NC1CCNCC1C. The number of aryl methyl sites for hydroxylation is 1. The van der Waals surface area contributed by atoms with E-state index in [0.29, 0.717) is 33.5 Å². The maximum atomic E-state index is 12.8. The Bertz CT molecular complexity index is 714. The molecule has 1 fully saturated rings. The molecule has 1 aliphatic heterocycles. The Balaban J connectivity index is 1.89. The van der Waals surface area contributed by atoms with E-state index in [9.17, 15) is 4.79 Å². The number of hydrogen-bond donors (Lipinski definition) is 2. The summed E-state index contributed by atoms with van der Waals surface area (Å²) in [7, 11) is 0. The number of aromatic nitrogens is 1. The first-order chi connectivity index (χ1) is 11.1. The number of nitrogens with zero attached hydrogens (tertiary/aromatic N) is 1. The van der Waals surface area contributed by atoms with Crippen molar-refractivity contribution in [2.24, 2.45) is 5.92 Å². The predicted octanol–water partition coefficient (Wildman–Crippen LogP) is 3.03. The maximum Gasteiger partial charge on any atom is 0.257 e. The van der Waals surface area contributed by atoms with E-state index < -0.39 is 0 Å². The molecule has 0 spiro atoms. The summed E-state index contributed by atoms with van der Waals surface area (Å²) in [6, 6.07) is 7.47. The van der Waals surface area contributed by atoms with E-state index in [2.05, 4.69) is 22.7 Å². The molecular formula is C17H20ClN3O2. The summed E-state index contributed by atoms with van der Waals surface area (Å²) in [5, 5.41) is 11.0. The van der Waals surface area contributed by atoms with Gasteiger partial charge < -0.3 is 15.2 Å². The quantitative estimate of drug-likeness (QED) is 0.906. The normalized spacial score (nSPS) is 21.2. The Morgan fingerprint density at radius 1 is 1.43 bits per heavy atom. The van der Waals surface area contributed by atoms with Crippen molar-refractivity contribution in [3.05, 3.63) is 40.6 Å². The van der Waals surface area contributed by atoms with Crippen LogP contribution in [0.15, 0.2) is 28.8 Å². The third kappa shape index (κ3) is 3.26. The van der Waals surface area contributed by atoms with Gasteiger partial charge in [-0.05, 0) is 38.4 Å². The third-order valence-electron chi connectivity index (χ3n) is 4.32. The van der Waals surface area contributed by atoms with Crippen LogP contribution in [0.5, 0.6) is 0 Å². The van der Waals surface area contributed by atoms with Crippen molar-refractivity contribution < 1.29 is 9.32 Å². The molecule has 2 heterocycles. The number of rotatable bonds is 3. The van der Waals surface area contributed by atoms with Gasteiger partial charge in [0.1, 0.15) is 17.0 Å². The van der Waals surface area contributed by atoms with Crippen LogP contribution in [-0.4, -0.2) is 30.2 Å². The predicted molar refractivity (Wildman–Crippen MR) is 89.6 cm³/mol. The fourth-order valence-corrected chi connectivity index (χ4v) is 3.17. The molecule has 2 unspecified atom stereocenters. The van der Waals surface area contributed by atoms with Crippen LogP contribution in [0, 0.1) is 12.8 Å². The number of benzene rings is 1. The molecule has 1 aromatic heterocycles. The molecule has 0 saturated carbocycles. The van der Waals surface area contributed by atoms with Gasteiger partial charge in [0.05, 0.1) is 5.02 Å². The van der Waals surface area contributed by atoms with Gasteiger partial charge in [-0.15, -0.1) is 0 Å². The number of piperidine rings is 1. The van der Waals surface area contributed by atoms with Crippen LogP contribution in [0.4, 0.5) is 0 Å². The summed E-state index contributed by atoms with van der Waals surface area (Å²) in [5.41, 5.74) is 1.66. The van der Waals surface area contributed by atoms with Gasteiger partial charge in [-0.25, -0.2) is 0 Å². The average Bonchev–Trinajstić information content (AvgIpc) is 2.91. The summed E-state index contributed by atoms with van der Waals surface area (Å²) < 4.78 is 5.26. The number of nitrogens with one attached hydrogen (secondary N) is 2. The molecule has 1 aliphatic rings. The van der Waals surface area contributed by atoms with Crippen molar-refractivity contribution >= 4 is 17.5 Å². The number of carbonyl (C=O) groups is 1. The van der Waals surface area contributed by atoms with Gasteiger partial charge in [0.25, 0.3) is 5.91 Å². The van der Waals surface area contributed by atoms with Crippen LogP contribution in [0.3, 0.4) is 0 Å². The summed E-state index contributed by atoms with van der Waals surface area (Å²) in [6.45, 7) is 5.70. The summed E-state index contributed by atoms with van der Waals surface area (Å²) >= 11 is 6.24. The van der Waals surface area contributed by atoms with Crippen molar-refractivity contribution in [2.75, 3.05) is 13.1 Å². The van der Waals surface area contributed by atoms with Crippen molar-refractivity contribution in [1.82, 2.24) is 15.8 Å². The first-order valence-corrected chi connectivity index (χ1v) is 8.18. The number of hydrogen-bond acceptors (Lipinski definition) is 4. The topological polar surface area (TPSA) is 67.2 Å². The molecule has 0 aliphatic carbocycles. The monoisotopic (exact) mass is 333 g/mol. The van der Waals surface area contributed by atoms with Gasteiger partial charge in [0.2, 0.25) is 0 Å². The van der Waals surface area contributed by atoms with Gasteiger partial charge in [0, 0.05) is 11.6 Å². The van der Waals surface area contributed by atoms with E-state index in [1.807, 2.05) is 18.2 Å². The zero-order valence-corrected chi connectivity index (χ0v) is 14.0. The first kappa shape index (κ1) is 16.0. The lowest BCUT2D eigenvalue weighted by Crippen LogP contribution is -2.48. The van der Waals surface area contributed by atoms with Crippen molar-refractivity contribution in [3.63, 3.8) is 0 Å². The molecule has 6 heteroatoms. The minimum atomic E-state index is -0.155. The highest BCUT2D eigenvalue weighted by molar-refractivity contribution is 6.33. The molecule has 2 atom stereocenters.